The molecule has 0 fully saturated rings. The normalized spacial score (nSPS) is 13.1. The molecule has 3 heterocycles. The van der Waals surface area contributed by atoms with E-state index in [1.54, 1.807) is 7.05 Å². The number of aromatic nitrogens is 4. The molecule has 0 saturated carbocycles. The maximum Gasteiger partial charge on any atom is 0.331 e. The molecule has 0 radical (unpaired) electrons. The zero-order valence-electron chi connectivity index (χ0n) is 14.6. The summed E-state index contributed by atoms with van der Waals surface area (Å²) in [7, 11) is 1.69. The predicted molar refractivity (Wildman–Crippen MR) is 103 cm³/mol. The zero-order valence-corrected chi connectivity index (χ0v) is 16.2. The maximum absolute atomic E-state index is 12.6. The lowest BCUT2D eigenvalue weighted by Gasteiger charge is -2.09. The highest BCUT2D eigenvalue weighted by molar-refractivity contribution is 7.99. The number of nitrogens with zero attached hydrogens (tertiary/aromatic N) is 4. The van der Waals surface area contributed by atoms with Crippen molar-refractivity contribution in [3.8, 4) is 0 Å². The van der Waals surface area contributed by atoms with Crippen LogP contribution in [0.15, 0.2) is 43.3 Å². The van der Waals surface area contributed by atoms with Gasteiger partial charge in [0, 0.05) is 29.9 Å². The van der Waals surface area contributed by atoms with Gasteiger partial charge in [-0.2, -0.15) is 4.98 Å². The molecular formula is C18H17ClN4O3S. The Morgan fingerprint density at radius 2 is 2.00 bits per heavy atom. The summed E-state index contributed by atoms with van der Waals surface area (Å²) in [4.78, 5) is 30.1. The monoisotopic (exact) mass is 404 g/mol. The molecule has 1 aliphatic rings. The van der Waals surface area contributed by atoms with Gasteiger partial charge in [0.1, 0.15) is 6.54 Å². The molecule has 3 aromatic rings. The van der Waals surface area contributed by atoms with Crippen LogP contribution in [0.2, 0.25) is 5.02 Å². The summed E-state index contributed by atoms with van der Waals surface area (Å²) in [5, 5.41) is 4.65. The smallest absolute Gasteiger partial charge is 0.331 e. The second-order valence-corrected chi connectivity index (χ2v) is 7.88. The second kappa shape index (κ2) is 7.36. The number of halogens is 1. The van der Waals surface area contributed by atoms with E-state index in [0.29, 0.717) is 22.2 Å². The Hall–Kier alpha value is -2.32. The van der Waals surface area contributed by atoms with E-state index in [2.05, 4.69) is 10.1 Å². The number of aryl methyl sites for hydroxylation is 2. The average molecular weight is 405 g/mol. The first-order valence-electron chi connectivity index (χ1n) is 8.54. The molecule has 140 valence electrons. The first-order valence-corrected chi connectivity index (χ1v) is 9.90. The highest BCUT2D eigenvalue weighted by atomic mass is 35.5. The van der Waals surface area contributed by atoms with Gasteiger partial charge in [0.2, 0.25) is 5.89 Å². The van der Waals surface area contributed by atoms with Gasteiger partial charge < -0.3 is 4.52 Å². The molecule has 2 aromatic heterocycles. The molecule has 0 aliphatic carbocycles. The van der Waals surface area contributed by atoms with Crippen molar-refractivity contribution in [2.24, 2.45) is 7.05 Å². The molecule has 0 bridgehead atoms. The van der Waals surface area contributed by atoms with Crippen LogP contribution in [-0.2, 0) is 32.9 Å². The number of rotatable bonds is 5. The summed E-state index contributed by atoms with van der Waals surface area (Å²) in [5.74, 6) is 1.61. The molecule has 27 heavy (non-hydrogen) atoms. The number of thioether (sulfide) groups is 1. The predicted octanol–water partition coefficient (Wildman–Crippen LogP) is 2.07. The van der Waals surface area contributed by atoms with Crippen LogP contribution < -0.4 is 11.2 Å². The van der Waals surface area contributed by atoms with Gasteiger partial charge in [-0.1, -0.05) is 28.9 Å². The quantitative estimate of drug-likeness (QED) is 0.647. The van der Waals surface area contributed by atoms with Gasteiger partial charge in [-0.05, 0) is 30.5 Å². The van der Waals surface area contributed by atoms with Crippen molar-refractivity contribution in [3.05, 3.63) is 73.1 Å². The van der Waals surface area contributed by atoms with Gasteiger partial charge >= 0.3 is 5.69 Å². The van der Waals surface area contributed by atoms with Crippen LogP contribution in [0.4, 0.5) is 0 Å². The third-order valence-corrected chi connectivity index (χ3v) is 5.92. The van der Waals surface area contributed by atoms with E-state index < -0.39 is 0 Å². The van der Waals surface area contributed by atoms with E-state index >= 15 is 0 Å². The Bertz CT molecular complexity index is 1100. The average Bonchev–Trinajstić information content (AvgIpc) is 3.33. The van der Waals surface area contributed by atoms with Crippen molar-refractivity contribution in [2.45, 2.75) is 30.7 Å². The maximum atomic E-state index is 12.6. The summed E-state index contributed by atoms with van der Waals surface area (Å²) < 4.78 is 7.95. The molecule has 0 atom stereocenters. The molecule has 0 unspecified atom stereocenters. The Balaban J connectivity index is 1.52. The van der Waals surface area contributed by atoms with Crippen LogP contribution in [0.5, 0.6) is 0 Å². The number of benzene rings is 1. The molecule has 1 aromatic carbocycles. The van der Waals surface area contributed by atoms with E-state index in [-0.39, 0.29) is 23.7 Å². The molecule has 9 heteroatoms. The minimum absolute atomic E-state index is 0.0205. The Morgan fingerprint density at radius 1 is 1.22 bits per heavy atom. The van der Waals surface area contributed by atoms with Crippen molar-refractivity contribution < 1.29 is 4.52 Å². The molecule has 1 aliphatic heterocycles. The Morgan fingerprint density at radius 3 is 2.78 bits per heavy atom. The SMILES string of the molecule is Cn1c2c(c(=O)n(Cc3nc(CCc4ccc(Cl)cc4)no3)c1=O)SCC2. The molecule has 0 N–H and O–H groups in total. The topological polar surface area (TPSA) is 82.9 Å². The van der Waals surface area contributed by atoms with Gasteiger partial charge in [-0.25, -0.2) is 9.36 Å². The summed E-state index contributed by atoms with van der Waals surface area (Å²) in [6.07, 6.45) is 2.07. The number of hydrogen-bond donors (Lipinski definition) is 0. The molecule has 0 saturated heterocycles. The van der Waals surface area contributed by atoms with Crippen molar-refractivity contribution in [1.29, 1.82) is 0 Å². The van der Waals surface area contributed by atoms with Gasteiger partial charge in [0.05, 0.1) is 4.90 Å². The Kier molecular flexibility index (Phi) is 4.92. The first kappa shape index (κ1) is 18.1. The van der Waals surface area contributed by atoms with Crippen LogP contribution in [0.1, 0.15) is 23.0 Å². The van der Waals surface area contributed by atoms with Crippen LogP contribution in [0.25, 0.3) is 0 Å². The lowest BCUT2D eigenvalue weighted by atomic mass is 10.1. The van der Waals surface area contributed by atoms with Crippen LogP contribution in [-0.4, -0.2) is 25.0 Å². The molecule has 0 amide bonds. The minimum Gasteiger partial charge on any atom is -0.337 e. The summed E-state index contributed by atoms with van der Waals surface area (Å²) in [6, 6.07) is 7.59. The van der Waals surface area contributed by atoms with Gasteiger partial charge in [-0.15, -0.1) is 11.8 Å². The van der Waals surface area contributed by atoms with Crippen molar-refractivity contribution in [1.82, 2.24) is 19.3 Å². The molecular weight excluding hydrogens is 388 g/mol. The third kappa shape index (κ3) is 3.59. The van der Waals surface area contributed by atoms with Crippen molar-refractivity contribution >= 4 is 23.4 Å². The largest absolute Gasteiger partial charge is 0.337 e. The fourth-order valence-electron chi connectivity index (χ4n) is 3.10. The van der Waals surface area contributed by atoms with Gasteiger partial charge in [0.15, 0.2) is 5.82 Å². The third-order valence-electron chi connectivity index (χ3n) is 4.56. The fourth-order valence-corrected chi connectivity index (χ4v) is 4.36. The fraction of sp³-hybridized carbons (Fsp3) is 0.333. The van der Waals surface area contributed by atoms with Gasteiger partial charge in [-0.3, -0.25) is 9.36 Å². The van der Waals surface area contributed by atoms with E-state index in [1.165, 1.54) is 16.3 Å². The number of fused-ring (bicyclic) bond motifs is 1. The zero-order chi connectivity index (χ0) is 19.0. The molecule has 0 spiro atoms. The van der Waals surface area contributed by atoms with Crippen molar-refractivity contribution in [3.63, 3.8) is 0 Å². The van der Waals surface area contributed by atoms with Crippen LogP contribution in [0.3, 0.4) is 0 Å². The first-order chi connectivity index (χ1) is 13.0. The van der Waals surface area contributed by atoms with E-state index in [1.807, 2.05) is 24.3 Å². The van der Waals surface area contributed by atoms with E-state index in [0.717, 1.165) is 34.4 Å². The molecule has 7 nitrogen and oxygen atoms in total. The van der Waals surface area contributed by atoms with E-state index in [9.17, 15) is 9.59 Å². The highest BCUT2D eigenvalue weighted by Gasteiger charge is 2.23. The van der Waals surface area contributed by atoms with E-state index in [4.69, 9.17) is 16.1 Å². The standard InChI is InChI=1S/C18H17ClN4O3S/c1-22-13-8-9-27-16(13)17(24)23(18(22)25)10-15-20-14(21-26-15)7-4-11-2-5-12(19)6-3-11/h2-3,5-6H,4,7-10H2,1H3. The lowest BCUT2D eigenvalue weighted by molar-refractivity contribution is 0.360. The van der Waals surface area contributed by atoms with Crippen molar-refractivity contribution in [2.75, 3.05) is 5.75 Å². The highest BCUT2D eigenvalue weighted by Crippen LogP contribution is 2.26. The van der Waals surface area contributed by atoms with Crippen LogP contribution in [0, 0.1) is 0 Å². The second-order valence-electron chi connectivity index (χ2n) is 6.34. The summed E-state index contributed by atoms with van der Waals surface area (Å²) in [6.45, 7) is -0.0205. The van der Waals surface area contributed by atoms with Gasteiger partial charge in [0.25, 0.3) is 5.56 Å². The summed E-state index contributed by atoms with van der Waals surface area (Å²) in [5.41, 5.74) is 1.28. The summed E-state index contributed by atoms with van der Waals surface area (Å²) >= 11 is 7.37. The molecule has 4 rings (SSSR count). The number of hydrogen-bond acceptors (Lipinski definition) is 6. The Labute approximate surface area is 164 Å². The minimum atomic E-state index is -0.359. The van der Waals surface area contributed by atoms with Crippen LogP contribution >= 0.6 is 23.4 Å². The lowest BCUT2D eigenvalue weighted by Crippen LogP contribution is -2.41.